The number of esters is 1. The number of carbonyl (C=O) groups is 1. The lowest BCUT2D eigenvalue weighted by molar-refractivity contribution is -0.384. The first-order valence-electron chi connectivity index (χ1n) is 5.71. The highest BCUT2D eigenvalue weighted by Gasteiger charge is 2.24. The number of nitro groups is 1. The van der Waals surface area contributed by atoms with Gasteiger partial charge in [-0.25, -0.2) is 4.79 Å². The van der Waals surface area contributed by atoms with Gasteiger partial charge in [-0.1, -0.05) is 12.1 Å². The quantitative estimate of drug-likeness (QED) is 0.515. The highest BCUT2D eigenvalue weighted by molar-refractivity contribution is 5.92. The van der Waals surface area contributed by atoms with Gasteiger partial charge in [-0.05, 0) is 13.0 Å². The van der Waals surface area contributed by atoms with Gasteiger partial charge in [0.2, 0.25) is 17.5 Å². The summed E-state index contributed by atoms with van der Waals surface area (Å²) in [4.78, 5) is 25.8. The first-order chi connectivity index (χ1) is 9.54. The van der Waals surface area contributed by atoms with Crippen molar-refractivity contribution in [3.8, 4) is 11.5 Å². The smallest absolute Gasteiger partial charge is 0.362 e. The Balaban J connectivity index is 2.48. The normalized spacial score (nSPS) is 10.2. The molecular weight excluding hydrogens is 266 g/mol. The first kappa shape index (κ1) is 13.5. The fraction of sp³-hybridized carbons (Fsp3) is 0.167. The second kappa shape index (κ2) is 5.39. The van der Waals surface area contributed by atoms with Crippen LogP contribution < -0.4 is 5.73 Å². The standard InChI is InChI=1S/C12H11N3O5/c1-2-19-12(16)9-10(13)20-11(14-9)7-5-3-4-6-8(7)15(17)18/h3-6H,2,13H2,1H3. The van der Waals surface area contributed by atoms with Crippen LogP contribution in [0.1, 0.15) is 17.4 Å². The number of nitrogens with two attached hydrogens (primary N) is 1. The van der Waals surface area contributed by atoms with E-state index in [0.29, 0.717) is 0 Å². The zero-order valence-electron chi connectivity index (χ0n) is 10.5. The summed E-state index contributed by atoms with van der Waals surface area (Å²) in [6.07, 6.45) is 0. The van der Waals surface area contributed by atoms with Crippen LogP contribution in [0.25, 0.3) is 11.5 Å². The highest BCUT2D eigenvalue weighted by atomic mass is 16.6. The fourth-order valence-electron chi connectivity index (χ4n) is 1.61. The summed E-state index contributed by atoms with van der Waals surface area (Å²) in [5, 5.41) is 10.9. The Morgan fingerprint density at radius 1 is 1.50 bits per heavy atom. The molecule has 0 spiro atoms. The van der Waals surface area contributed by atoms with E-state index in [2.05, 4.69) is 4.98 Å². The number of nitro benzene ring substituents is 1. The van der Waals surface area contributed by atoms with Gasteiger partial charge < -0.3 is 14.9 Å². The third kappa shape index (κ3) is 2.44. The molecule has 0 radical (unpaired) electrons. The van der Waals surface area contributed by atoms with Crippen molar-refractivity contribution in [1.82, 2.24) is 4.98 Å². The van der Waals surface area contributed by atoms with Crippen LogP contribution in [0.4, 0.5) is 11.6 Å². The van der Waals surface area contributed by atoms with Gasteiger partial charge in [0.25, 0.3) is 5.69 Å². The van der Waals surface area contributed by atoms with Crippen LogP contribution in [0.2, 0.25) is 0 Å². The maximum atomic E-state index is 11.6. The molecule has 0 aliphatic heterocycles. The number of nitrogens with zero attached hydrogens (tertiary/aromatic N) is 2. The Kier molecular flexibility index (Phi) is 3.65. The van der Waals surface area contributed by atoms with E-state index >= 15 is 0 Å². The lowest BCUT2D eigenvalue weighted by atomic mass is 10.2. The molecule has 0 saturated heterocycles. The molecule has 0 saturated carbocycles. The van der Waals surface area contributed by atoms with Crippen molar-refractivity contribution in [2.75, 3.05) is 12.3 Å². The van der Waals surface area contributed by atoms with Crippen LogP contribution in [-0.4, -0.2) is 22.5 Å². The van der Waals surface area contributed by atoms with Crippen LogP contribution in [0.3, 0.4) is 0 Å². The number of aromatic nitrogens is 1. The van der Waals surface area contributed by atoms with Crippen molar-refractivity contribution in [3.05, 3.63) is 40.1 Å². The van der Waals surface area contributed by atoms with Gasteiger partial charge in [-0.2, -0.15) is 4.98 Å². The van der Waals surface area contributed by atoms with Gasteiger partial charge in [0.1, 0.15) is 5.56 Å². The Hall–Kier alpha value is -2.90. The number of nitrogen functional groups attached to an aromatic ring is 1. The van der Waals surface area contributed by atoms with E-state index < -0.39 is 10.9 Å². The average molecular weight is 277 g/mol. The van der Waals surface area contributed by atoms with E-state index in [-0.39, 0.29) is 35.3 Å². The van der Waals surface area contributed by atoms with E-state index in [1.54, 1.807) is 13.0 Å². The number of rotatable bonds is 4. The van der Waals surface area contributed by atoms with Crippen molar-refractivity contribution in [2.45, 2.75) is 6.92 Å². The summed E-state index contributed by atoms with van der Waals surface area (Å²) in [7, 11) is 0. The second-order valence-electron chi connectivity index (χ2n) is 3.73. The topological polar surface area (TPSA) is 121 Å². The van der Waals surface area contributed by atoms with E-state index in [1.807, 2.05) is 0 Å². The molecule has 2 rings (SSSR count). The first-order valence-corrected chi connectivity index (χ1v) is 5.71. The number of anilines is 1. The minimum absolute atomic E-state index is 0.0992. The molecule has 0 atom stereocenters. The number of carbonyl (C=O) groups excluding carboxylic acids is 1. The van der Waals surface area contributed by atoms with Crippen molar-refractivity contribution >= 4 is 17.5 Å². The van der Waals surface area contributed by atoms with Crippen LogP contribution >= 0.6 is 0 Å². The van der Waals surface area contributed by atoms with Gasteiger partial charge in [0, 0.05) is 6.07 Å². The van der Waals surface area contributed by atoms with Gasteiger partial charge in [0.15, 0.2) is 0 Å². The van der Waals surface area contributed by atoms with E-state index in [9.17, 15) is 14.9 Å². The van der Waals surface area contributed by atoms with Crippen molar-refractivity contribution in [1.29, 1.82) is 0 Å². The van der Waals surface area contributed by atoms with Crippen molar-refractivity contribution in [3.63, 3.8) is 0 Å². The Bertz CT molecular complexity index is 665. The summed E-state index contributed by atoms with van der Waals surface area (Å²) in [6, 6.07) is 5.87. The average Bonchev–Trinajstić information content (AvgIpc) is 2.81. The van der Waals surface area contributed by atoms with Crippen LogP contribution in [0.15, 0.2) is 28.7 Å². The second-order valence-corrected chi connectivity index (χ2v) is 3.73. The number of benzene rings is 1. The Labute approximate surface area is 113 Å². The van der Waals surface area contributed by atoms with Crippen molar-refractivity contribution in [2.24, 2.45) is 0 Å². The fourth-order valence-corrected chi connectivity index (χ4v) is 1.61. The lowest BCUT2D eigenvalue weighted by Gasteiger charge is -1.97. The third-order valence-electron chi connectivity index (χ3n) is 2.45. The molecule has 2 aromatic rings. The van der Waals surface area contributed by atoms with Crippen LogP contribution in [0, 0.1) is 10.1 Å². The molecule has 20 heavy (non-hydrogen) atoms. The predicted molar refractivity (Wildman–Crippen MR) is 69.0 cm³/mol. The number of para-hydroxylation sites is 1. The molecule has 2 N–H and O–H groups in total. The molecule has 8 heteroatoms. The molecule has 0 aliphatic rings. The summed E-state index contributed by atoms with van der Waals surface area (Å²) < 4.78 is 9.88. The summed E-state index contributed by atoms with van der Waals surface area (Å²) in [6.45, 7) is 1.79. The SMILES string of the molecule is CCOC(=O)c1nc(-c2ccccc2[N+](=O)[O-])oc1N. The molecule has 0 unspecified atom stereocenters. The maximum Gasteiger partial charge on any atom is 0.362 e. The molecule has 1 heterocycles. The molecule has 104 valence electrons. The zero-order valence-corrected chi connectivity index (χ0v) is 10.5. The summed E-state index contributed by atoms with van der Waals surface area (Å²) >= 11 is 0. The minimum Gasteiger partial charge on any atom is -0.461 e. The maximum absolute atomic E-state index is 11.6. The van der Waals surface area contributed by atoms with Crippen LogP contribution in [0.5, 0.6) is 0 Å². The van der Waals surface area contributed by atoms with Gasteiger partial charge >= 0.3 is 5.97 Å². The number of hydrogen-bond donors (Lipinski definition) is 1. The molecule has 8 nitrogen and oxygen atoms in total. The number of hydrogen-bond acceptors (Lipinski definition) is 7. The Morgan fingerprint density at radius 3 is 2.85 bits per heavy atom. The zero-order chi connectivity index (χ0) is 14.7. The molecule has 1 aromatic carbocycles. The van der Waals surface area contributed by atoms with Gasteiger partial charge in [-0.3, -0.25) is 10.1 Å². The van der Waals surface area contributed by atoms with E-state index in [4.69, 9.17) is 14.9 Å². The number of oxazole rings is 1. The molecular formula is C12H11N3O5. The molecule has 0 fully saturated rings. The minimum atomic E-state index is -0.737. The molecule has 0 bridgehead atoms. The largest absolute Gasteiger partial charge is 0.461 e. The summed E-state index contributed by atoms with van der Waals surface area (Å²) in [5.74, 6) is -1.08. The van der Waals surface area contributed by atoms with Gasteiger partial charge in [-0.15, -0.1) is 0 Å². The van der Waals surface area contributed by atoms with Gasteiger partial charge in [0.05, 0.1) is 11.5 Å². The highest BCUT2D eigenvalue weighted by Crippen LogP contribution is 2.31. The molecule has 0 aliphatic carbocycles. The predicted octanol–water partition coefficient (Wildman–Crippen LogP) is 2.01. The summed E-state index contributed by atoms with van der Waals surface area (Å²) in [5.41, 5.74) is 5.29. The number of ether oxygens (including phenoxy) is 1. The monoisotopic (exact) mass is 277 g/mol. The Morgan fingerprint density at radius 2 is 2.20 bits per heavy atom. The van der Waals surface area contributed by atoms with Crippen LogP contribution in [-0.2, 0) is 4.74 Å². The van der Waals surface area contributed by atoms with E-state index in [0.717, 1.165) is 0 Å². The van der Waals surface area contributed by atoms with Crippen molar-refractivity contribution < 1.29 is 18.9 Å². The third-order valence-corrected chi connectivity index (χ3v) is 2.45. The van der Waals surface area contributed by atoms with E-state index in [1.165, 1.54) is 18.2 Å². The molecule has 0 amide bonds. The lowest BCUT2D eigenvalue weighted by Crippen LogP contribution is -2.07. The molecule has 1 aromatic heterocycles.